The molecule has 0 radical (unpaired) electrons. The number of rotatable bonds is 3. The van der Waals surface area contributed by atoms with E-state index in [1.54, 1.807) is 0 Å². The standard InChI is InChI=1S/C13H12O3/c1-10-2-4-11(5-3-10)9-16-13-8-12(14)6-7-15-13/h2-8H,9H2,1H3. The van der Waals surface area contributed by atoms with Gasteiger partial charge in [0.25, 0.3) is 5.95 Å². The summed E-state index contributed by atoms with van der Waals surface area (Å²) in [6.07, 6.45) is 1.33. The molecular weight excluding hydrogens is 204 g/mol. The molecule has 1 aromatic heterocycles. The Hall–Kier alpha value is -2.03. The number of hydrogen-bond acceptors (Lipinski definition) is 3. The van der Waals surface area contributed by atoms with Gasteiger partial charge in [-0.3, -0.25) is 4.79 Å². The van der Waals surface area contributed by atoms with Crippen LogP contribution in [0.3, 0.4) is 0 Å². The van der Waals surface area contributed by atoms with Crippen LogP contribution >= 0.6 is 0 Å². The fourth-order valence-electron chi connectivity index (χ4n) is 1.28. The average Bonchev–Trinajstić information content (AvgIpc) is 2.28. The molecule has 0 N–H and O–H groups in total. The van der Waals surface area contributed by atoms with Crippen LogP contribution in [0, 0.1) is 6.92 Å². The van der Waals surface area contributed by atoms with Crippen molar-refractivity contribution in [3.63, 3.8) is 0 Å². The molecule has 2 aromatic rings. The second kappa shape index (κ2) is 4.66. The molecule has 1 heterocycles. The summed E-state index contributed by atoms with van der Waals surface area (Å²) in [4.78, 5) is 11.0. The SMILES string of the molecule is Cc1ccc(COc2cc(=O)cco2)cc1. The van der Waals surface area contributed by atoms with Crippen molar-refractivity contribution in [1.29, 1.82) is 0 Å². The van der Waals surface area contributed by atoms with Crippen molar-refractivity contribution >= 4 is 0 Å². The first-order chi connectivity index (χ1) is 7.74. The van der Waals surface area contributed by atoms with Crippen LogP contribution in [0.5, 0.6) is 5.95 Å². The molecule has 0 amide bonds. The average molecular weight is 216 g/mol. The van der Waals surface area contributed by atoms with Crippen LogP contribution in [0.4, 0.5) is 0 Å². The lowest BCUT2D eigenvalue weighted by atomic mass is 10.2. The summed E-state index contributed by atoms with van der Waals surface area (Å²) in [6, 6.07) is 10.7. The fraction of sp³-hybridized carbons (Fsp3) is 0.154. The smallest absolute Gasteiger partial charge is 0.288 e. The van der Waals surface area contributed by atoms with Crippen molar-refractivity contribution in [2.75, 3.05) is 0 Å². The lowest BCUT2D eigenvalue weighted by Gasteiger charge is -2.04. The quantitative estimate of drug-likeness (QED) is 0.791. The van der Waals surface area contributed by atoms with E-state index in [9.17, 15) is 4.79 Å². The zero-order chi connectivity index (χ0) is 11.4. The number of ether oxygens (including phenoxy) is 1. The first-order valence-corrected chi connectivity index (χ1v) is 5.01. The zero-order valence-electron chi connectivity index (χ0n) is 8.97. The van der Waals surface area contributed by atoms with Gasteiger partial charge in [0.2, 0.25) is 0 Å². The second-order valence-corrected chi connectivity index (χ2v) is 3.56. The summed E-state index contributed by atoms with van der Waals surface area (Å²) < 4.78 is 10.4. The van der Waals surface area contributed by atoms with Gasteiger partial charge in [-0.1, -0.05) is 29.8 Å². The van der Waals surface area contributed by atoms with Crippen LogP contribution in [-0.4, -0.2) is 0 Å². The molecule has 16 heavy (non-hydrogen) atoms. The van der Waals surface area contributed by atoms with Gasteiger partial charge in [0.05, 0.1) is 12.3 Å². The summed E-state index contributed by atoms with van der Waals surface area (Å²) in [6.45, 7) is 2.42. The fourth-order valence-corrected chi connectivity index (χ4v) is 1.28. The molecule has 0 atom stereocenters. The molecule has 3 nitrogen and oxygen atoms in total. The number of hydrogen-bond donors (Lipinski definition) is 0. The molecule has 0 saturated carbocycles. The van der Waals surface area contributed by atoms with Gasteiger partial charge in [0, 0.05) is 6.07 Å². The van der Waals surface area contributed by atoms with Gasteiger partial charge in [-0.15, -0.1) is 0 Å². The maximum Gasteiger partial charge on any atom is 0.288 e. The normalized spacial score (nSPS) is 10.1. The predicted octanol–water partition coefficient (Wildman–Crippen LogP) is 2.53. The molecule has 2 rings (SSSR count). The number of benzene rings is 1. The summed E-state index contributed by atoms with van der Waals surface area (Å²) in [5.41, 5.74) is 2.12. The minimum absolute atomic E-state index is 0.120. The largest absolute Gasteiger partial charge is 0.460 e. The van der Waals surface area contributed by atoms with E-state index in [1.165, 1.54) is 24.0 Å². The van der Waals surface area contributed by atoms with E-state index in [2.05, 4.69) is 0 Å². The molecular formula is C13H12O3. The van der Waals surface area contributed by atoms with Crippen LogP contribution in [0.15, 0.2) is 51.9 Å². The van der Waals surface area contributed by atoms with Crippen molar-refractivity contribution < 1.29 is 9.15 Å². The Morgan fingerprint density at radius 1 is 1.19 bits per heavy atom. The highest BCUT2D eigenvalue weighted by Crippen LogP contribution is 2.10. The van der Waals surface area contributed by atoms with Gasteiger partial charge in [0.1, 0.15) is 6.61 Å². The molecule has 0 aliphatic carbocycles. The van der Waals surface area contributed by atoms with E-state index in [0.717, 1.165) is 5.56 Å². The third-order valence-electron chi connectivity index (χ3n) is 2.18. The monoisotopic (exact) mass is 216 g/mol. The van der Waals surface area contributed by atoms with E-state index in [4.69, 9.17) is 9.15 Å². The minimum Gasteiger partial charge on any atom is -0.460 e. The summed E-state index contributed by atoms with van der Waals surface area (Å²) >= 11 is 0. The Morgan fingerprint density at radius 3 is 2.62 bits per heavy atom. The Balaban J connectivity index is 2.02. The van der Waals surface area contributed by atoms with Crippen LogP contribution in [0.2, 0.25) is 0 Å². The molecule has 0 bridgehead atoms. The Labute approximate surface area is 93.3 Å². The van der Waals surface area contributed by atoms with Crippen LogP contribution < -0.4 is 10.2 Å². The van der Waals surface area contributed by atoms with E-state index in [-0.39, 0.29) is 11.4 Å². The van der Waals surface area contributed by atoms with E-state index in [0.29, 0.717) is 6.61 Å². The molecule has 0 unspecified atom stereocenters. The summed E-state index contributed by atoms with van der Waals surface area (Å²) in [5, 5.41) is 0. The lowest BCUT2D eigenvalue weighted by Crippen LogP contribution is -2.00. The molecule has 82 valence electrons. The molecule has 0 spiro atoms. The van der Waals surface area contributed by atoms with E-state index < -0.39 is 0 Å². The topological polar surface area (TPSA) is 39.4 Å². The first kappa shape index (κ1) is 10.5. The maximum absolute atomic E-state index is 11.0. The van der Waals surface area contributed by atoms with E-state index in [1.807, 2.05) is 31.2 Å². The van der Waals surface area contributed by atoms with Crippen LogP contribution in [0.25, 0.3) is 0 Å². The molecule has 0 aliphatic heterocycles. The van der Waals surface area contributed by atoms with Crippen molar-refractivity contribution in [2.24, 2.45) is 0 Å². The molecule has 3 heteroatoms. The molecule has 0 saturated heterocycles. The predicted molar refractivity (Wildman–Crippen MR) is 60.5 cm³/mol. The second-order valence-electron chi connectivity index (χ2n) is 3.56. The van der Waals surface area contributed by atoms with Crippen molar-refractivity contribution in [3.8, 4) is 5.95 Å². The third kappa shape index (κ3) is 2.73. The van der Waals surface area contributed by atoms with Gasteiger partial charge in [-0.2, -0.15) is 0 Å². The Bertz CT molecular complexity index is 511. The highest BCUT2D eigenvalue weighted by Gasteiger charge is 1.98. The molecule has 1 aromatic carbocycles. The lowest BCUT2D eigenvalue weighted by molar-refractivity contribution is 0.226. The van der Waals surface area contributed by atoms with Crippen molar-refractivity contribution in [3.05, 3.63) is 64.0 Å². The van der Waals surface area contributed by atoms with Crippen molar-refractivity contribution in [2.45, 2.75) is 13.5 Å². The first-order valence-electron chi connectivity index (χ1n) is 5.01. The molecule has 0 aliphatic rings. The Kier molecular flexibility index (Phi) is 3.05. The van der Waals surface area contributed by atoms with Crippen LogP contribution in [0.1, 0.15) is 11.1 Å². The maximum atomic E-state index is 11.0. The van der Waals surface area contributed by atoms with E-state index >= 15 is 0 Å². The van der Waals surface area contributed by atoms with Gasteiger partial charge in [0.15, 0.2) is 5.43 Å². The Morgan fingerprint density at radius 2 is 1.94 bits per heavy atom. The van der Waals surface area contributed by atoms with Gasteiger partial charge >= 0.3 is 0 Å². The van der Waals surface area contributed by atoms with Crippen LogP contribution in [-0.2, 0) is 6.61 Å². The summed E-state index contributed by atoms with van der Waals surface area (Å²) in [7, 11) is 0. The molecule has 0 fully saturated rings. The van der Waals surface area contributed by atoms with Gasteiger partial charge in [-0.05, 0) is 12.5 Å². The minimum atomic E-state index is -0.120. The highest BCUT2D eigenvalue weighted by atomic mass is 16.6. The number of aryl methyl sites for hydroxylation is 1. The van der Waals surface area contributed by atoms with Gasteiger partial charge < -0.3 is 9.15 Å². The highest BCUT2D eigenvalue weighted by molar-refractivity contribution is 5.21. The summed E-state index contributed by atoms with van der Waals surface area (Å²) in [5.74, 6) is 0.244. The van der Waals surface area contributed by atoms with Gasteiger partial charge in [-0.25, -0.2) is 0 Å². The third-order valence-corrected chi connectivity index (χ3v) is 2.18. The zero-order valence-corrected chi connectivity index (χ0v) is 8.97. The van der Waals surface area contributed by atoms with Crippen molar-refractivity contribution in [1.82, 2.24) is 0 Å².